The summed E-state index contributed by atoms with van der Waals surface area (Å²) in [6.07, 6.45) is 2.26. The molecule has 2 fully saturated rings. The van der Waals surface area contributed by atoms with E-state index in [0.29, 0.717) is 6.04 Å². The molecule has 1 aliphatic heterocycles. The van der Waals surface area contributed by atoms with Gasteiger partial charge in [0.15, 0.2) is 0 Å². The zero-order valence-electron chi connectivity index (χ0n) is 11.0. The van der Waals surface area contributed by atoms with E-state index in [2.05, 4.69) is 10.2 Å². The van der Waals surface area contributed by atoms with Crippen molar-refractivity contribution < 1.29 is 4.79 Å². The lowest BCUT2D eigenvalue weighted by Gasteiger charge is -2.36. The van der Waals surface area contributed by atoms with Gasteiger partial charge in [-0.15, -0.1) is 0 Å². The minimum absolute atomic E-state index is 0.0863. The summed E-state index contributed by atoms with van der Waals surface area (Å²) in [4.78, 5) is 16.1. The van der Waals surface area contributed by atoms with Gasteiger partial charge >= 0.3 is 6.03 Å². The quantitative estimate of drug-likeness (QED) is 0.787. The van der Waals surface area contributed by atoms with E-state index in [-0.39, 0.29) is 6.03 Å². The largest absolute Gasteiger partial charge is 0.397 e. The summed E-state index contributed by atoms with van der Waals surface area (Å²) in [5.41, 5.74) is 7.86. The molecule has 102 valence electrons. The van der Waals surface area contributed by atoms with Crippen molar-refractivity contribution in [2.24, 2.45) is 0 Å². The summed E-state index contributed by atoms with van der Waals surface area (Å²) < 4.78 is 0. The molecule has 1 aliphatic carbocycles. The van der Waals surface area contributed by atoms with Crippen molar-refractivity contribution in [3.63, 3.8) is 0 Å². The summed E-state index contributed by atoms with van der Waals surface area (Å²) in [6.45, 7) is 3.19. The fraction of sp³-hybridized carbons (Fsp3) is 0.500. The molecule has 1 heterocycles. The number of piperazine rings is 1. The summed E-state index contributed by atoms with van der Waals surface area (Å²) in [6, 6.07) is 8.41. The van der Waals surface area contributed by atoms with Crippen LogP contribution in [0.2, 0.25) is 0 Å². The molecule has 1 aromatic carbocycles. The summed E-state index contributed by atoms with van der Waals surface area (Å²) >= 11 is 0. The van der Waals surface area contributed by atoms with E-state index in [9.17, 15) is 4.79 Å². The molecule has 0 spiro atoms. The number of nitrogen functional groups attached to an aromatic ring is 1. The van der Waals surface area contributed by atoms with E-state index >= 15 is 0 Å². The monoisotopic (exact) mass is 260 g/mol. The Morgan fingerprint density at radius 1 is 1.16 bits per heavy atom. The lowest BCUT2D eigenvalue weighted by molar-refractivity contribution is 0.194. The molecule has 0 unspecified atom stereocenters. The van der Waals surface area contributed by atoms with Crippen LogP contribution in [0.25, 0.3) is 0 Å². The van der Waals surface area contributed by atoms with Crippen LogP contribution in [0.1, 0.15) is 12.8 Å². The van der Waals surface area contributed by atoms with Gasteiger partial charge in [0.25, 0.3) is 0 Å². The van der Waals surface area contributed by atoms with Gasteiger partial charge < -0.3 is 20.9 Å². The highest BCUT2D eigenvalue weighted by Gasteiger charge is 2.27. The van der Waals surface area contributed by atoms with E-state index in [4.69, 9.17) is 5.73 Å². The third-order valence-electron chi connectivity index (χ3n) is 3.75. The number of urea groups is 1. The Morgan fingerprint density at radius 3 is 2.47 bits per heavy atom. The summed E-state index contributed by atoms with van der Waals surface area (Å²) in [5.74, 6) is 0. The predicted octanol–water partition coefficient (Wildman–Crippen LogP) is 1.26. The molecule has 1 saturated carbocycles. The maximum Gasteiger partial charge on any atom is 0.317 e. The van der Waals surface area contributed by atoms with E-state index in [0.717, 1.165) is 50.4 Å². The molecule has 2 aliphatic rings. The fourth-order valence-electron chi connectivity index (χ4n) is 2.42. The number of nitrogens with zero attached hydrogens (tertiary/aromatic N) is 2. The normalized spacial score (nSPS) is 19.4. The van der Waals surface area contributed by atoms with Crippen molar-refractivity contribution >= 4 is 17.4 Å². The second kappa shape index (κ2) is 4.99. The average molecular weight is 260 g/mol. The number of carbonyl (C=O) groups excluding carboxylic acids is 1. The minimum atomic E-state index is 0.0863. The molecule has 0 atom stereocenters. The molecule has 1 saturated heterocycles. The minimum Gasteiger partial charge on any atom is -0.397 e. The Balaban J connectivity index is 1.57. The SMILES string of the molecule is Nc1ccccc1N1CCN(C(=O)NC2CC2)CC1. The molecule has 5 nitrogen and oxygen atoms in total. The summed E-state index contributed by atoms with van der Waals surface area (Å²) in [5, 5.41) is 3.03. The highest BCUT2D eigenvalue weighted by molar-refractivity contribution is 5.75. The molecule has 3 rings (SSSR count). The van der Waals surface area contributed by atoms with Crippen LogP contribution in [0.3, 0.4) is 0 Å². The lowest BCUT2D eigenvalue weighted by atomic mass is 10.2. The number of hydrogen-bond acceptors (Lipinski definition) is 3. The number of rotatable bonds is 2. The molecule has 2 amide bonds. The highest BCUT2D eigenvalue weighted by atomic mass is 16.2. The first-order valence-corrected chi connectivity index (χ1v) is 6.89. The molecule has 0 aromatic heterocycles. The lowest BCUT2D eigenvalue weighted by Crippen LogP contribution is -2.52. The van der Waals surface area contributed by atoms with Crippen molar-refractivity contribution in [3.05, 3.63) is 24.3 Å². The predicted molar refractivity (Wildman–Crippen MR) is 76.2 cm³/mol. The van der Waals surface area contributed by atoms with Crippen LogP contribution >= 0.6 is 0 Å². The Bertz CT molecular complexity index is 464. The van der Waals surface area contributed by atoms with Crippen LogP contribution in [0.5, 0.6) is 0 Å². The molecule has 19 heavy (non-hydrogen) atoms. The Kier molecular flexibility index (Phi) is 3.19. The number of para-hydroxylation sites is 2. The van der Waals surface area contributed by atoms with E-state index in [1.165, 1.54) is 0 Å². The zero-order chi connectivity index (χ0) is 13.2. The van der Waals surface area contributed by atoms with Crippen molar-refractivity contribution in [2.45, 2.75) is 18.9 Å². The average Bonchev–Trinajstić information content (AvgIpc) is 3.23. The van der Waals surface area contributed by atoms with Gasteiger partial charge in [-0.25, -0.2) is 4.79 Å². The Morgan fingerprint density at radius 2 is 1.84 bits per heavy atom. The number of nitrogens with one attached hydrogen (secondary N) is 1. The second-order valence-corrected chi connectivity index (χ2v) is 5.26. The van der Waals surface area contributed by atoms with Gasteiger partial charge in [-0.05, 0) is 25.0 Å². The number of nitrogens with two attached hydrogens (primary N) is 1. The third kappa shape index (κ3) is 2.75. The van der Waals surface area contributed by atoms with E-state index in [1.807, 2.05) is 29.2 Å². The molecular formula is C14H20N4O. The van der Waals surface area contributed by atoms with E-state index < -0.39 is 0 Å². The number of benzene rings is 1. The van der Waals surface area contributed by atoms with Crippen LogP contribution < -0.4 is 16.0 Å². The fourth-order valence-corrected chi connectivity index (χ4v) is 2.42. The van der Waals surface area contributed by atoms with Crippen molar-refractivity contribution in [1.29, 1.82) is 0 Å². The smallest absolute Gasteiger partial charge is 0.317 e. The topological polar surface area (TPSA) is 61.6 Å². The van der Waals surface area contributed by atoms with Gasteiger partial charge in [0, 0.05) is 32.2 Å². The maximum atomic E-state index is 11.9. The van der Waals surface area contributed by atoms with E-state index in [1.54, 1.807) is 0 Å². The second-order valence-electron chi connectivity index (χ2n) is 5.26. The van der Waals surface area contributed by atoms with Crippen molar-refractivity contribution in [3.8, 4) is 0 Å². The Labute approximate surface area is 113 Å². The maximum absolute atomic E-state index is 11.9. The first-order valence-electron chi connectivity index (χ1n) is 6.89. The van der Waals surface area contributed by atoms with Crippen LogP contribution in [0.4, 0.5) is 16.2 Å². The number of anilines is 2. The Hall–Kier alpha value is -1.91. The number of carbonyl (C=O) groups is 1. The number of hydrogen-bond donors (Lipinski definition) is 2. The molecule has 0 radical (unpaired) electrons. The molecule has 5 heteroatoms. The zero-order valence-corrected chi connectivity index (χ0v) is 11.0. The molecular weight excluding hydrogens is 240 g/mol. The van der Waals surface area contributed by atoms with Gasteiger partial charge in [-0.1, -0.05) is 12.1 Å². The van der Waals surface area contributed by atoms with Gasteiger partial charge in [-0.3, -0.25) is 0 Å². The van der Waals surface area contributed by atoms with Gasteiger partial charge in [0.1, 0.15) is 0 Å². The van der Waals surface area contributed by atoms with Crippen molar-refractivity contribution in [2.75, 3.05) is 36.8 Å². The molecule has 3 N–H and O–H groups in total. The van der Waals surface area contributed by atoms with Crippen LogP contribution in [-0.2, 0) is 0 Å². The van der Waals surface area contributed by atoms with Gasteiger partial charge in [-0.2, -0.15) is 0 Å². The third-order valence-corrected chi connectivity index (χ3v) is 3.75. The van der Waals surface area contributed by atoms with Gasteiger partial charge in [0.2, 0.25) is 0 Å². The van der Waals surface area contributed by atoms with Crippen LogP contribution in [0, 0.1) is 0 Å². The summed E-state index contributed by atoms with van der Waals surface area (Å²) in [7, 11) is 0. The van der Waals surface area contributed by atoms with Crippen LogP contribution in [0.15, 0.2) is 24.3 Å². The van der Waals surface area contributed by atoms with Crippen LogP contribution in [-0.4, -0.2) is 43.2 Å². The highest BCUT2D eigenvalue weighted by Crippen LogP contribution is 2.24. The standard InChI is InChI=1S/C14H20N4O/c15-12-3-1-2-4-13(12)17-7-9-18(10-8-17)14(19)16-11-5-6-11/h1-4,11H,5-10,15H2,(H,16,19). The van der Waals surface area contributed by atoms with Gasteiger partial charge in [0.05, 0.1) is 11.4 Å². The first-order chi connectivity index (χ1) is 9.24. The van der Waals surface area contributed by atoms with Crippen molar-refractivity contribution in [1.82, 2.24) is 10.2 Å². The first kappa shape index (κ1) is 12.1. The number of amides is 2. The molecule has 1 aromatic rings. The molecule has 0 bridgehead atoms.